The molecule has 3 aliphatic rings. The number of nitrogens with zero attached hydrogens (tertiary/aromatic N) is 2. The first-order chi connectivity index (χ1) is 17.1. The molecule has 2 aromatic rings. The van der Waals surface area contributed by atoms with Gasteiger partial charge in [0.1, 0.15) is 23.6 Å². The van der Waals surface area contributed by atoms with Crippen LogP contribution in [0.25, 0.3) is 0 Å². The third-order valence-corrected chi connectivity index (χ3v) is 7.37. The summed E-state index contributed by atoms with van der Waals surface area (Å²) in [4.78, 5) is 30.7. The Labute approximate surface area is 209 Å². The Kier molecular flexibility index (Phi) is 5.56. The fraction of sp³-hybridized carbons (Fsp3) is 0.462. The number of ether oxygens (including phenoxy) is 5. The molecule has 10 nitrogen and oxygen atoms in total. The number of benzene rings is 2. The summed E-state index contributed by atoms with van der Waals surface area (Å²) in [5.41, 5.74) is -3.06. The minimum absolute atomic E-state index is 0.106. The minimum Gasteiger partial charge on any atom is -0.497 e. The van der Waals surface area contributed by atoms with E-state index in [4.69, 9.17) is 23.7 Å². The SMILES string of the molecule is COc1ccc(N2C(=O)[C@@](O)([C@@]3(OC)C(=O)N(C)c4c(OC)cccc43)[C@@H]2[C@H]2COC(C)(C)O2)cc1. The Morgan fingerprint density at radius 1 is 1.00 bits per heavy atom. The van der Waals surface area contributed by atoms with E-state index >= 15 is 0 Å². The van der Waals surface area contributed by atoms with Gasteiger partial charge in [-0.3, -0.25) is 9.59 Å². The van der Waals surface area contributed by atoms with Gasteiger partial charge in [0, 0.05) is 25.4 Å². The van der Waals surface area contributed by atoms with Crippen molar-refractivity contribution in [3.8, 4) is 11.5 Å². The van der Waals surface area contributed by atoms with E-state index in [0.717, 1.165) is 0 Å². The predicted octanol–water partition coefficient (Wildman–Crippen LogP) is 1.82. The highest BCUT2D eigenvalue weighted by Gasteiger charge is 2.79. The average molecular weight is 499 g/mol. The molecule has 4 atom stereocenters. The Morgan fingerprint density at radius 3 is 2.25 bits per heavy atom. The van der Waals surface area contributed by atoms with Crippen molar-refractivity contribution in [3.05, 3.63) is 48.0 Å². The molecule has 36 heavy (non-hydrogen) atoms. The fourth-order valence-electron chi connectivity index (χ4n) is 5.73. The number of aliphatic hydroxyl groups is 1. The van der Waals surface area contributed by atoms with Crippen LogP contribution >= 0.6 is 0 Å². The van der Waals surface area contributed by atoms with Crippen LogP contribution in [0.2, 0.25) is 0 Å². The fourth-order valence-corrected chi connectivity index (χ4v) is 5.73. The molecule has 2 saturated heterocycles. The van der Waals surface area contributed by atoms with E-state index in [2.05, 4.69) is 0 Å². The molecule has 3 heterocycles. The largest absolute Gasteiger partial charge is 0.497 e. The molecule has 0 aliphatic carbocycles. The van der Waals surface area contributed by atoms with Crippen molar-refractivity contribution >= 4 is 23.2 Å². The molecule has 2 fully saturated rings. The molecule has 0 unspecified atom stereocenters. The van der Waals surface area contributed by atoms with E-state index < -0.39 is 40.9 Å². The smallest absolute Gasteiger partial charge is 0.267 e. The first-order valence-corrected chi connectivity index (χ1v) is 11.6. The lowest BCUT2D eigenvalue weighted by Crippen LogP contribution is -2.86. The first kappa shape index (κ1) is 24.5. The number of rotatable bonds is 6. The zero-order valence-corrected chi connectivity index (χ0v) is 21.1. The van der Waals surface area contributed by atoms with Crippen molar-refractivity contribution in [1.29, 1.82) is 0 Å². The van der Waals surface area contributed by atoms with Gasteiger partial charge in [-0.25, -0.2) is 0 Å². The van der Waals surface area contributed by atoms with Crippen LogP contribution in [0.4, 0.5) is 11.4 Å². The van der Waals surface area contributed by atoms with Crippen molar-refractivity contribution in [3.63, 3.8) is 0 Å². The van der Waals surface area contributed by atoms with E-state index in [-0.39, 0.29) is 6.61 Å². The summed E-state index contributed by atoms with van der Waals surface area (Å²) in [6.07, 6.45) is -0.746. The number of carbonyl (C=O) groups excluding carboxylic acids is 2. The van der Waals surface area contributed by atoms with Gasteiger partial charge in [0.05, 0.1) is 26.5 Å². The molecule has 0 saturated carbocycles. The highest BCUT2D eigenvalue weighted by Crippen LogP contribution is 2.58. The molecule has 192 valence electrons. The third-order valence-electron chi connectivity index (χ3n) is 7.37. The van der Waals surface area contributed by atoms with Gasteiger partial charge in [-0.05, 0) is 44.2 Å². The molecule has 0 spiro atoms. The summed E-state index contributed by atoms with van der Waals surface area (Å²) < 4.78 is 28.5. The van der Waals surface area contributed by atoms with Crippen LogP contribution in [0.1, 0.15) is 19.4 Å². The van der Waals surface area contributed by atoms with E-state index in [0.29, 0.717) is 28.4 Å². The van der Waals surface area contributed by atoms with Crippen LogP contribution < -0.4 is 19.3 Å². The van der Waals surface area contributed by atoms with E-state index in [1.54, 1.807) is 70.5 Å². The van der Waals surface area contributed by atoms with E-state index in [9.17, 15) is 14.7 Å². The van der Waals surface area contributed by atoms with Crippen LogP contribution in [-0.4, -0.2) is 75.4 Å². The molecule has 0 radical (unpaired) electrons. The van der Waals surface area contributed by atoms with Crippen molar-refractivity contribution in [2.24, 2.45) is 0 Å². The van der Waals surface area contributed by atoms with Crippen LogP contribution in [0.5, 0.6) is 11.5 Å². The van der Waals surface area contributed by atoms with Gasteiger partial charge >= 0.3 is 0 Å². The first-order valence-electron chi connectivity index (χ1n) is 11.6. The Hall–Kier alpha value is -3.18. The molecule has 2 aromatic carbocycles. The van der Waals surface area contributed by atoms with Crippen molar-refractivity contribution in [1.82, 2.24) is 0 Å². The van der Waals surface area contributed by atoms with Gasteiger partial charge in [-0.1, -0.05) is 12.1 Å². The maximum atomic E-state index is 14.0. The zero-order chi connectivity index (χ0) is 26.0. The summed E-state index contributed by atoms with van der Waals surface area (Å²) in [5, 5.41) is 12.4. The van der Waals surface area contributed by atoms with Gasteiger partial charge < -0.3 is 38.6 Å². The molecule has 0 bridgehead atoms. The van der Waals surface area contributed by atoms with Gasteiger partial charge in [0.2, 0.25) is 11.2 Å². The number of hydrogen-bond acceptors (Lipinski definition) is 8. The molecular weight excluding hydrogens is 468 g/mol. The Bertz CT molecular complexity index is 1210. The molecule has 1 N–H and O–H groups in total. The van der Waals surface area contributed by atoms with E-state index in [1.807, 2.05) is 0 Å². The quantitative estimate of drug-likeness (QED) is 0.602. The molecule has 5 rings (SSSR count). The number of anilines is 2. The summed E-state index contributed by atoms with van der Waals surface area (Å²) in [6, 6.07) is 10.9. The Morgan fingerprint density at radius 2 is 1.69 bits per heavy atom. The summed E-state index contributed by atoms with van der Waals surface area (Å²) in [7, 11) is 5.91. The van der Waals surface area contributed by atoms with E-state index in [1.165, 1.54) is 24.0 Å². The number of amides is 2. The highest BCUT2D eigenvalue weighted by atomic mass is 16.7. The second kappa shape index (κ2) is 8.17. The number of methoxy groups -OCH3 is 3. The number of carbonyl (C=O) groups is 2. The number of hydrogen-bond donors (Lipinski definition) is 1. The maximum absolute atomic E-state index is 14.0. The van der Waals surface area contributed by atoms with Crippen LogP contribution in [-0.2, 0) is 29.4 Å². The van der Waals surface area contributed by atoms with Gasteiger partial charge in [-0.2, -0.15) is 0 Å². The highest BCUT2D eigenvalue weighted by molar-refractivity contribution is 6.18. The Balaban J connectivity index is 1.69. The number of para-hydroxylation sites is 1. The molecule has 2 amide bonds. The lowest BCUT2D eigenvalue weighted by Gasteiger charge is -2.59. The van der Waals surface area contributed by atoms with Gasteiger partial charge in [0.25, 0.3) is 11.8 Å². The number of likely N-dealkylation sites (N-methyl/N-ethyl adjacent to an activating group) is 1. The molecule has 10 heteroatoms. The number of fused-ring (bicyclic) bond motifs is 1. The normalized spacial score (nSPS) is 30.9. The maximum Gasteiger partial charge on any atom is 0.267 e. The van der Waals surface area contributed by atoms with Gasteiger partial charge in [0.15, 0.2) is 5.79 Å². The molecule has 0 aromatic heterocycles. The topological polar surface area (TPSA) is 107 Å². The van der Waals surface area contributed by atoms with Gasteiger partial charge in [-0.15, -0.1) is 0 Å². The summed E-state index contributed by atoms with van der Waals surface area (Å²) >= 11 is 0. The zero-order valence-electron chi connectivity index (χ0n) is 21.1. The van der Waals surface area contributed by atoms with Crippen LogP contribution in [0.15, 0.2) is 42.5 Å². The average Bonchev–Trinajstić information content (AvgIpc) is 3.35. The standard InChI is InChI=1S/C26H30N2O8/c1-24(2)35-14-19(36-24)21-25(31,22(29)28(21)15-10-12-16(32-4)13-11-15)26(34-6)17-8-7-9-18(33-5)20(17)27(3)23(26)30/h7-13,19,21,31H,14H2,1-6H3/t19-,21+,25-,26+/m1/s1. The molecule has 3 aliphatic heterocycles. The van der Waals surface area contributed by atoms with Crippen LogP contribution in [0.3, 0.4) is 0 Å². The lowest BCUT2D eigenvalue weighted by molar-refractivity contribution is -0.223. The minimum atomic E-state index is -2.31. The summed E-state index contributed by atoms with van der Waals surface area (Å²) in [5.74, 6) is -1.18. The van der Waals surface area contributed by atoms with Crippen LogP contribution in [0, 0.1) is 0 Å². The van der Waals surface area contributed by atoms with Crippen molar-refractivity contribution in [2.45, 2.75) is 43.0 Å². The van der Waals surface area contributed by atoms with Crippen molar-refractivity contribution in [2.75, 3.05) is 44.8 Å². The second-order valence-electron chi connectivity index (χ2n) is 9.56. The van der Waals surface area contributed by atoms with Crippen molar-refractivity contribution < 1.29 is 38.4 Å². The monoisotopic (exact) mass is 498 g/mol. The second-order valence-corrected chi connectivity index (χ2v) is 9.56. The molecular formula is C26H30N2O8. The number of β-lactam (4-membered cyclic amide) rings is 1. The summed E-state index contributed by atoms with van der Waals surface area (Å²) in [6.45, 7) is 3.62. The lowest BCUT2D eigenvalue weighted by atomic mass is 9.64. The third kappa shape index (κ3) is 2.98. The predicted molar refractivity (Wildman–Crippen MR) is 129 cm³/mol.